The average Bonchev–Trinajstić information content (AvgIpc) is 2.99. The molecule has 0 radical (unpaired) electrons. The van der Waals surface area contributed by atoms with E-state index in [0.29, 0.717) is 0 Å². The van der Waals surface area contributed by atoms with Crippen LogP contribution in [0.1, 0.15) is 20.3 Å². The van der Waals surface area contributed by atoms with Gasteiger partial charge in [0.05, 0.1) is 12.1 Å². The molecule has 116 valence electrons. The van der Waals surface area contributed by atoms with Crippen LogP contribution in [-0.2, 0) is 9.53 Å². The van der Waals surface area contributed by atoms with Gasteiger partial charge < -0.3 is 20.3 Å². The molecule has 0 saturated carbocycles. The maximum absolute atomic E-state index is 12.2. The van der Waals surface area contributed by atoms with Crippen molar-refractivity contribution in [2.75, 3.05) is 37.0 Å². The molecule has 1 aromatic carbocycles. The molecule has 2 N–H and O–H groups in total. The molecule has 2 atom stereocenters. The lowest BCUT2D eigenvalue weighted by Crippen LogP contribution is -2.35. The minimum Gasteiger partial charge on any atom is -0.380 e. The van der Waals surface area contributed by atoms with Crippen molar-refractivity contribution in [1.29, 1.82) is 0 Å². The number of benzene rings is 1. The molecule has 2 unspecified atom stereocenters. The molecule has 2 rings (SSSR count). The highest BCUT2D eigenvalue weighted by molar-refractivity contribution is 5.95. The van der Waals surface area contributed by atoms with Gasteiger partial charge in [0.2, 0.25) is 5.91 Å². The Morgan fingerprint density at radius 3 is 2.52 bits per heavy atom. The smallest absolute Gasteiger partial charge is 0.241 e. The normalized spacial score (nSPS) is 21.3. The Bertz CT molecular complexity index is 457. The number of hydrogen-bond acceptors (Lipinski definition) is 4. The summed E-state index contributed by atoms with van der Waals surface area (Å²) in [5, 5.41) is 6.14. The molecule has 0 spiro atoms. The van der Waals surface area contributed by atoms with E-state index in [2.05, 4.69) is 29.4 Å². The summed E-state index contributed by atoms with van der Waals surface area (Å²) in [5.74, 6) is 0.00476. The van der Waals surface area contributed by atoms with Crippen LogP contribution >= 0.6 is 0 Å². The van der Waals surface area contributed by atoms with Gasteiger partial charge in [-0.15, -0.1) is 0 Å². The number of anilines is 2. The van der Waals surface area contributed by atoms with E-state index in [4.69, 9.17) is 4.74 Å². The lowest BCUT2D eigenvalue weighted by Gasteiger charge is -2.21. The fourth-order valence-corrected chi connectivity index (χ4v) is 2.66. The van der Waals surface area contributed by atoms with E-state index in [1.165, 1.54) is 5.69 Å². The summed E-state index contributed by atoms with van der Waals surface area (Å²) >= 11 is 0. The number of nitrogens with zero attached hydrogens (tertiary/aromatic N) is 1. The zero-order chi connectivity index (χ0) is 15.2. The summed E-state index contributed by atoms with van der Waals surface area (Å²) in [5.41, 5.74) is 2.01. The molecular weight excluding hydrogens is 266 g/mol. The molecule has 0 aliphatic carbocycles. The Hall–Kier alpha value is -1.59. The van der Waals surface area contributed by atoms with E-state index >= 15 is 0 Å². The first-order chi connectivity index (χ1) is 10.2. The van der Waals surface area contributed by atoms with Gasteiger partial charge in [0.1, 0.15) is 0 Å². The quantitative estimate of drug-likeness (QED) is 0.840. The molecule has 5 heteroatoms. The number of hydrogen-bond donors (Lipinski definition) is 2. The van der Waals surface area contributed by atoms with Crippen LogP contribution in [0.15, 0.2) is 24.3 Å². The summed E-state index contributed by atoms with van der Waals surface area (Å²) < 4.78 is 5.26. The third-order valence-corrected chi connectivity index (χ3v) is 4.00. The van der Waals surface area contributed by atoms with Crippen LogP contribution in [-0.4, -0.2) is 44.8 Å². The molecular formula is C16H25N3O2. The number of carbonyl (C=O) groups is 1. The largest absolute Gasteiger partial charge is 0.380 e. The van der Waals surface area contributed by atoms with Crippen molar-refractivity contribution in [1.82, 2.24) is 5.32 Å². The van der Waals surface area contributed by atoms with Crippen LogP contribution in [0.2, 0.25) is 0 Å². The van der Waals surface area contributed by atoms with Gasteiger partial charge in [-0.05, 0) is 44.5 Å². The van der Waals surface area contributed by atoms with Gasteiger partial charge in [-0.3, -0.25) is 4.79 Å². The van der Waals surface area contributed by atoms with Crippen LogP contribution < -0.4 is 15.5 Å². The van der Waals surface area contributed by atoms with Gasteiger partial charge in [-0.1, -0.05) is 0 Å². The third-order valence-electron chi connectivity index (χ3n) is 4.00. The summed E-state index contributed by atoms with van der Waals surface area (Å²) in [6.07, 6.45) is 0.852. The maximum Gasteiger partial charge on any atom is 0.241 e. The number of methoxy groups -OCH3 is 1. The maximum atomic E-state index is 12.2. The molecule has 1 heterocycles. The topological polar surface area (TPSA) is 53.6 Å². The second kappa shape index (κ2) is 7.43. The zero-order valence-corrected chi connectivity index (χ0v) is 13.1. The van der Waals surface area contributed by atoms with Crippen LogP contribution in [0, 0.1) is 0 Å². The number of carbonyl (C=O) groups excluding carboxylic acids is 1. The Labute approximate surface area is 126 Å². The van der Waals surface area contributed by atoms with Crippen LogP contribution in [0.4, 0.5) is 11.4 Å². The van der Waals surface area contributed by atoms with E-state index in [1.807, 2.05) is 24.3 Å². The fraction of sp³-hybridized carbons (Fsp3) is 0.562. The third kappa shape index (κ3) is 3.95. The molecule has 1 aliphatic heterocycles. The number of amides is 1. The summed E-state index contributed by atoms with van der Waals surface area (Å²) in [6, 6.07) is 7.82. The predicted octanol–water partition coefficient (Wildman–Crippen LogP) is 1.85. The van der Waals surface area contributed by atoms with Crippen molar-refractivity contribution < 1.29 is 9.53 Å². The predicted molar refractivity (Wildman–Crippen MR) is 85.8 cm³/mol. The molecule has 1 aliphatic rings. The van der Waals surface area contributed by atoms with Gasteiger partial charge in [0, 0.05) is 38.1 Å². The molecule has 21 heavy (non-hydrogen) atoms. The van der Waals surface area contributed by atoms with Crippen molar-refractivity contribution in [2.24, 2.45) is 0 Å². The first kappa shape index (κ1) is 15.8. The van der Waals surface area contributed by atoms with Crippen molar-refractivity contribution in [3.63, 3.8) is 0 Å². The monoisotopic (exact) mass is 291 g/mol. The van der Waals surface area contributed by atoms with Gasteiger partial charge in [-0.2, -0.15) is 0 Å². The summed E-state index contributed by atoms with van der Waals surface area (Å²) in [6.45, 7) is 6.96. The minimum absolute atomic E-state index is 0.00476. The molecule has 0 aromatic heterocycles. The van der Waals surface area contributed by atoms with Crippen LogP contribution in [0.25, 0.3) is 0 Å². The van der Waals surface area contributed by atoms with Crippen molar-refractivity contribution in [2.45, 2.75) is 32.4 Å². The Morgan fingerprint density at radius 1 is 1.33 bits per heavy atom. The molecule has 5 nitrogen and oxygen atoms in total. The highest BCUT2D eigenvalue weighted by atomic mass is 16.5. The van der Waals surface area contributed by atoms with E-state index in [-0.39, 0.29) is 18.1 Å². The first-order valence-electron chi connectivity index (χ1n) is 7.60. The zero-order valence-electron chi connectivity index (χ0n) is 13.1. The van der Waals surface area contributed by atoms with E-state index in [1.54, 1.807) is 7.11 Å². The molecule has 0 bridgehead atoms. The lowest BCUT2D eigenvalue weighted by molar-refractivity contribution is -0.118. The van der Waals surface area contributed by atoms with Crippen molar-refractivity contribution in [3.8, 4) is 0 Å². The second-order valence-corrected chi connectivity index (χ2v) is 5.26. The molecule has 1 fully saturated rings. The fourth-order valence-electron chi connectivity index (χ4n) is 2.66. The van der Waals surface area contributed by atoms with Crippen LogP contribution in [0.3, 0.4) is 0 Å². The van der Waals surface area contributed by atoms with E-state index < -0.39 is 0 Å². The Kier molecular flexibility index (Phi) is 5.59. The van der Waals surface area contributed by atoms with Crippen molar-refractivity contribution in [3.05, 3.63) is 24.3 Å². The first-order valence-corrected chi connectivity index (χ1v) is 7.60. The van der Waals surface area contributed by atoms with E-state index in [0.717, 1.165) is 31.7 Å². The lowest BCUT2D eigenvalue weighted by atomic mass is 10.2. The molecule has 1 saturated heterocycles. The highest BCUT2D eigenvalue weighted by Crippen LogP contribution is 2.18. The number of nitrogens with one attached hydrogen (secondary N) is 2. The Balaban J connectivity index is 1.92. The average molecular weight is 291 g/mol. The van der Waals surface area contributed by atoms with E-state index in [9.17, 15) is 4.79 Å². The SMILES string of the molecule is CCN(CC)c1ccc(NC(=O)C2CC(OC)CN2)cc1. The molecule has 1 amide bonds. The van der Waals surface area contributed by atoms with Gasteiger partial charge in [0.15, 0.2) is 0 Å². The van der Waals surface area contributed by atoms with Crippen molar-refractivity contribution >= 4 is 17.3 Å². The number of ether oxygens (including phenoxy) is 1. The van der Waals surface area contributed by atoms with Gasteiger partial charge in [-0.25, -0.2) is 0 Å². The Morgan fingerprint density at radius 2 is 2.00 bits per heavy atom. The van der Waals surface area contributed by atoms with Gasteiger partial charge >= 0.3 is 0 Å². The standard InChI is InChI=1S/C16H25N3O2/c1-4-19(5-2)13-8-6-12(7-9-13)18-16(20)15-10-14(21-3)11-17-15/h6-9,14-15,17H,4-5,10-11H2,1-3H3,(H,18,20). The summed E-state index contributed by atoms with van der Waals surface area (Å²) in [7, 11) is 1.68. The highest BCUT2D eigenvalue weighted by Gasteiger charge is 2.29. The molecule has 1 aromatic rings. The summed E-state index contributed by atoms with van der Waals surface area (Å²) in [4.78, 5) is 14.4. The van der Waals surface area contributed by atoms with Gasteiger partial charge in [0.25, 0.3) is 0 Å². The van der Waals surface area contributed by atoms with Crippen LogP contribution in [0.5, 0.6) is 0 Å². The second-order valence-electron chi connectivity index (χ2n) is 5.26. The number of rotatable bonds is 6. The minimum atomic E-state index is -0.169.